The summed E-state index contributed by atoms with van der Waals surface area (Å²) in [7, 11) is 0. The summed E-state index contributed by atoms with van der Waals surface area (Å²) in [5.74, 6) is 0.796. The largest absolute Gasteiger partial charge is 0.396 e. The van der Waals surface area contributed by atoms with Crippen molar-refractivity contribution < 1.29 is 5.11 Å². The Balaban J connectivity index is 2.50. The fourth-order valence-electron chi connectivity index (χ4n) is 1.04. The second kappa shape index (κ2) is 6.59. The van der Waals surface area contributed by atoms with E-state index in [1.807, 2.05) is 0 Å². The highest BCUT2D eigenvalue weighted by Gasteiger charge is 2.06. The summed E-state index contributed by atoms with van der Waals surface area (Å²) in [5.41, 5.74) is 0.982. The molecule has 1 heterocycles. The van der Waals surface area contributed by atoms with Crippen LogP contribution in [0.5, 0.6) is 0 Å². The third-order valence-electron chi connectivity index (χ3n) is 1.96. The van der Waals surface area contributed by atoms with E-state index < -0.39 is 0 Å². The molecule has 0 bridgehead atoms. The Morgan fingerprint density at radius 1 is 1.53 bits per heavy atom. The van der Waals surface area contributed by atoms with Gasteiger partial charge in [0.2, 0.25) is 0 Å². The van der Waals surface area contributed by atoms with Crippen LogP contribution in [0.3, 0.4) is 0 Å². The van der Waals surface area contributed by atoms with E-state index in [9.17, 15) is 0 Å². The standard InChI is InChI=1S/C10H13Cl2NOS/c1-7(2-3-14)15-6-8-5-13-10(12)4-9(8)11/h4-5,7,14H,2-3,6H2,1H3. The smallest absolute Gasteiger partial charge is 0.130 e. The lowest BCUT2D eigenvalue weighted by Gasteiger charge is -2.09. The number of pyridine rings is 1. The molecule has 5 heteroatoms. The van der Waals surface area contributed by atoms with E-state index in [0.29, 0.717) is 15.4 Å². The molecule has 0 aliphatic rings. The minimum atomic E-state index is 0.223. The maximum absolute atomic E-state index is 8.76. The van der Waals surface area contributed by atoms with Crippen LogP contribution in [0.25, 0.3) is 0 Å². The first-order valence-electron chi connectivity index (χ1n) is 4.66. The zero-order chi connectivity index (χ0) is 11.3. The van der Waals surface area contributed by atoms with Crippen molar-refractivity contribution in [1.29, 1.82) is 0 Å². The maximum atomic E-state index is 8.76. The van der Waals surface area contributed by atoms with Crippen LogP contribution in [0.4, 0.5) is 0 Å². The van der Waals surface area contributed by atoms with E-state index in [-0.39, 0.29) is 6.61 Å². The van der Waals surface area contributed by atoms with Crippen molar-refractivity contribution in [3.63, 3.8) is 0 Å². The lowest BCUT2D eigenvalue weighted by Crippen LogP contribution is -2.00. The molecule has 0 fully saturated rings. The van der Waals surface area contributed by atoms with Gasteiger partial charge in [0.05, 0.1) is 0 Å². The third-order valence-corrected chi connectivity index (χ3v) is 3.80. The number of aliphatic hydroxyl groups excluding tert-OH is 1. The summed E-state index contributed by atoms with van der Waals surface area (Å²) in [5, 5.41) is 10.2. The molecule has 0 amide bonds. The van der Waals surface area contributed by atoms with Crippen molar-refractivity contribution >= 4 is 35.0 Å². The molecule has 15 heavy (non-hydrogen) atoms. The predicted octanol–water partition coefficient (Wildman–Crippen LogP) is 3.39. The minimum Gasteiger partial charge on any atom is -0.396 e. The van der Waals surface area contributed by atoms with Gasteiger partial charge in [0.15, 0.2) is 0 Å². The highest BCUT2D eigenvalue weighted by Crippen LogP contribution is 2.25. The summed E-state index contributed by atoms with van der Waals surface area (Å²) in [6.45, 7) is 2.30. The molecule has 1 N–H and O–H groups in total. The van der Waals surface area contributed by atoms with Gasteiger partial charge >= 0.3 is 0 Å². The number of rotatable bonds is 5. The maximum Gasteiger partial charge on any atom is 0.130 e. The number of thioether (sulfide) groups is 1. The molecular weight excluding hydrogens is 253 g/mol. The third kappa shape index (κ3) is 4.60. The first-order valence-corrected chi connectivity index (χ1v) is 6.46. The molecule has 2 nitrogen and oxygen atoms in total. The highest BCUT2D eigenvalue weighted by atomic mass is 35.5. The number of hydrogen-bond acceptors (Lipinski definition) is 3. The van der Waals surface area contributed by atoms with Crippen LogP contribution in [-0.2, 0) is 5.75 Å². The molecule has 1 rings (SSSR count). The van der Waals surface area contributed by atoms with Crippen molar-refractivity contribution in [2.24, 2.45) is 0 Å². The average molecular weight is 266 g/mol. The van der Waals surface area contributed by atoms with Crippen LogP contribution in [0.1, 0.15) is 18.9 Å². The molecule has 0 aromatic carbocycles. The van der Waals surface area contributed by atoms with Crippen molar-refractivity contribution in [1.82, 2.24) is 4.98 Å². The van der Waals surface area contributed by atoms with Crippen molar-refractivity contribution in [2.45, 2.75) is 24.3 Å². The highest BCUT2D eigenvalue weighted by molar-refractivity contribution is 7.99. The van der Waals surface area contributed by atoms with Crippen LogP contribution >= 0.6 is 35.0 Å². The van der Waals surface area contributed by atoms with Gasteiger partial charge in [0, 0.05) is 28.8 Å². The number of aliphatic hydroxyl groups is 1. The molecule has 84 valence electrons. The molecule has 1 unspecified atom stereocenters. The number of hydrogen-bond donors (Lipinski definition) is 1. The van der Waals surface area contributed by atoms with Crippen LogP contribution in [0.15, 0.2) is 12.3 Å². The van der Waals surface area contributed by atoms with E-state index in [1.54, 1.807) is 24.0 Å². The van der Waals surface area contributed by atoms with Gasteiger partial charge < -0.3 is 5.11 Å². The van der Waals surface area contributed by atoms with E-state index in [4.69, 9.17) is 28.3 Å². The Bertz CT molecular complexity index is 322. The zero-order valence-corrected chi connectivity index (χ0v) is 10.7. The van der Waals surface area contributed by atoms with E-state index in [2.05, 4.69) is 11.9 Å². The Hall–Kier alpha value is 0.0400. The summed E-state index contributed by atoms with van der Waals surface area (Å²) < 4.78 is 0. The fraction of sp³-hybridized carbons (Fsp3) is 0.500. The topological polar surface area (TPSA) is 33.1 Å². The Morgan fingerprint density at radius 3 is 2.87 bits per heavy atom. The van der Waals surface area contributed by atoms with Gasteiger partial charge in [0.25, 0.3) is 0 Å². The van der Waals surface area contributed by atoms with Crippen LogP contribution < -0.4 is 0 Å². The van der Waals surface area contributed by atoms with E-state index in [0.717, 1.165) is 17.7 Å². The normalized spacial score (nSPS) is 12.8. The number of aromatic nitrogens is 1. The molecule has 0 saturated carbocycles. The van der Waals surface area contributed by atoms with Crippen molar-refractivity contribution in [3.8, 4) is 0 Å². The Morgan fingerprint density at radius 2 is 2.27 bits per heavy atom. The molecular formula is C10H13Cl2NOS. The lowest BCUT2D eigenvalue weighted by atomic mass is 10.3. The van der Waals surface area contributed by atoms with E-state index >= 15 is 0 Å². The van der Waals surface area contributed by atoms with E-state index in [1.165, 1.54) is 0 Å². The monoisotopic (exact) mass is 265 g/mol. The molecule has 0 spiro atoms. The summed E-state index contributed by atoms with van der Waals surface area (Å²) in [4.78, 5) is 3.98. The molecule has 1 atom stereocenters. The minimum absolute atomic E-state index is 0.223. The van der Waals surface area contributed by atoms with Crippen LogP contribution in [-0.4, -0.2) is 21.9 Å². The number of nitrogens with zero attached hydrogens (tertiary/aromatic N) is 1. The van der Waals surface area contributed by atoms with Gasteiger partial charge in [-0.25, -0.2) is 4.98 Å². The summed E-state index contributed by atoms with van der Waals surface area (Å²) >= 11 is 13.4. The molecule has 1 aromatic heterocycles. The molecule has 1 aromatic rings. The van der Waals surface area contributed by atoms with Crippen LogP contribution in [0, 0.1) is 0 Å². The van der Waals surface area contributed by atoms with Gasteiger partial charge in [-0.05, 0) is 18.1 Å². The van der Waals surface area contributed by atoms with Crippen molar-refractivity contribution in [2.75, 3.05) is 6.61 Å². The fourth-order valence-corrected chi connectivity index (χ4v) is 2.52. The average Bonchev–Trinajstić information content (AvgIpc) is 2.17. The Labute approximate surface area is 104 Å². The van der Waals surface area contributed by atoms with Gasteiger partial charge in [-0.1, -0.05) is 30.1 Å². The first kappa shape index (κ1) is 13.1. The Kier molecular flexibility index (Phi) is 5.75. The number of halogens is 2. The molecule has 0 aliphatic carbocycles. The van der Waals surface area contributed by atoms with Crippen molar-refractivity contribution in [3.05, 3.63) is 28.0 Å². The predicted molar refractivity (Wildman–Crippen MR) is 66.7 cm³/mol. The van der Waals surface area contributed by atoms with Gasteiger partial charge in [-0.3, -0.25) is 0 Å². The lowest BCUT2D eigenvalue weighted by molar-refractivity contribution is 0.289. The SMILES string of the molecule is CC(CCO)SCc1cnc(Cl)cc1Cl. The zero-order valence-electron chi connectivity index (χ0n) is 8.41. The quantitative estimate of drug-likeness (QED) is 0.829. The second-order valence-corrected chi connectivity index (χ2v) is 5.45. The summed E-state index contributed by atoms with van der Waals surface area (Å²) in [6.07, 6.45) is 2.49. The molecule has 0 aliphatic heterocycles. The molecule has 0 radical (unpaired) electrons. The van der Waals surface area contributed by atoms with Gasteiger partial charge in [-0.2, -0.15) is 11.8 Å². The van der Waals surface area contributed by atoms with Crippen LogP contribution in [0.2, 0.25) is 10.2 Å². The first-order chi connectivity index (χ1) is 7.13. The summed E-state index contributed by atoms with van der Waals surface area (Å²) in [6, 6.07) is 1.65. The molecule has 0 saturated heterocycles. The van der Waals surface area contributed by atoms with Gasteiger partial charge in [0.1, 0.15) is 5.15 Å². The second-order valence-electron chi connectivity index (χ2n) is 3.23. The van der Waals surface area contributed by atoms with Gasteiger partial charge in [-0.15, -0.1) is 0 Å².